The molecule has 0 aliphatic carbocycles. The molecule has 2 aliphatic heterocycles. The molecule has 0 amide bonds. The molecule has 1 aromatic rings. The molecule has 0 radical (unpaired) electrons. The highest BCUT2D eigenvalue weighted by atomic mass is 35.5. The maximum atomic E-state index is 12.5. The SMILES string of the molecule is Nc1ccc(S(=O)(=O)NC2CCN3CCCCC23)c(Cl)c1. The Bertz CT molecular complexity index is 635. The molecule has 5 nitrogen and oxygen atoms in total. The summed E-state index contributed by atoms with van der Waals surface area (Å²) in [6, 6.07) is 4.79. The fraction of sp³-hybridized carbons (Fsp3) is 0.571. The predicted molar refractivity (Wildman–Crippen MR) is 83.8 cm³/mol. The highest BCUT2D eigenvalue weighted by Crippen LogP contribution is 2.29. The van der Waals surface area contributed by atoms with Gasteiger partial charge in [0.1, 0.15) is 4.90 Å². The second-order valence-electron chi connectivity index (χ2n) is 5.81. The first-order valence-corrected chi connectivity index (χ1v) is 9.15. The molecule has 2 aliphatic rings. The molecular weight excluding hydrogens is 310 g/mol. The van der Waals surface area contributed by atoms with Crippen LogP contribution < -0.4 is 10.5 Å². The molecule has 116 valence electrons. The van der Waals surface area contributed by atoms with Gasteiger partial charge in [0.2, 0.25) is 10.0 Å². The zero-order chi connectivity index (χ0) is 15.0. The van der Waals surface area contributed by atoms with E-state index < -0.39 is 10.0 Å². The van der Waals surface area contributed by atoms with Gasteiger partial charge in [-0.25, -0.2) is 13.1 Å². The third-order valence-electron chi connectivity index (χ3n) is 4.41. The molecule has 21 heavy (non-hydrogen) atoms. The molecule has 0 saturated carbocycles. The minimum absolute atomic E-state index is 0.0241. The molecular formula is C14H20ClN3O2S. The molecule has 2 fully saturated rings. The summed E-state index contributed by atoms with van der Waals surface area (Å²) in [4.78, 5) is 2.49. The molecule has 2 saturated heterocycles. The quantitative estimate of drug-likeness (QED) is 0.830. The number of benzene rings is 1. The number of hydrogen-bond donors (Lipinski definition) is 2. The number of halogens is 1. The van der Waals surface area contributed by atoms with Crippen molar-refractivity contribution in [2.75, 3.05) is 18.8 Å². The van der Waals surface area contributed by atoms with Gasteiger partial charge in [-0.15, -0.1) is 0 Å². The Morgan fingerprint density at radius 3 is 2.81 bits per heavy atom. The number of piperidine rings is 1. The fourth-order valence-electron chi connectivity index (χ4n) is 3.38. The first-order valence-electron chi connectivity index (χ1n) is 7.29. The van der Waals surface area contributed by atoms with Crippen LogP contribution in [0.1, 0.15) is 25.7 Å². The Morgan fingerprint density at radius 2 is 2.05 bits per heavy atom. The second kappa shape index (κ2) is 5.76. The summed E-state index contributed by atoms with van der Waals surface area (Å²) < 4.78 is 27.9. The van der Waals surface area contributed by atoms with E-state index in [9.17, 15) is 8.42 Å². The Hall–Kier alpha value is -0.820. The van der Waals surface area contributed by atoms with Gasteiger partial charge < -0.3 is 5.73 Å². The van der Waals surface area contributed by atoms with E-state index in [0.29, 0.717) is 11.7 Å². The number of nitrogen functional groups attached to an aromatic ring is 1. The fourth-order valence-corrected chi connectivity index (χ4v) is 5.24. The van der Waals surface area contributed by atoms with E-state index in [2.05, 4.69) is 9.62 Å². The number of nitrogens with one attached hydrogen (secondary N) is 1. The lowest BCUT2D eigenvalue weighted by molar-refractivity contribution is 0.186. The van der Waals surface area contributed by atoms with Crippen LogP contribution in [0.15, 0.2) is 23.1 Å². The number of nitrogens with zero attached hydrogens (tertiary/aromatic N) is 1. The Morgan fingerprint density at radius 1 is 1.24 bits per heavy atom. The van der Waals surface area contributed by atoms with Crippen molar-refractivity contribution in [3.05, 3.63) is 23.2 Å². The number of anilines is 1. The van der Waals surface area contributed by atoms with Crippen LogP contribution in [0.25, 0.3) is 0 Å². The van der Waals surface area contributed by atoms with Crippen molar-refractivity contribution < 1.29 is 8.42 Å². The third-order valence-corrected chi connectivity index (χ3v) is 6.38. The van der Waals surface area contributed by atoms with Gasteiger partial charge in [0.25, 0.3) is 0 Å². The van der Waals surface area contributed by atoms with Crippen LogP contribution in [0.4, 0.5) is 5.69 Å². The second-order valence-corrected chi connectivity index (χ2v) is 7.90. The molecule has 2 heterocycles. The first-order chi connectivity index (χ1) is 9.97. The molecule has 3 rings (SSSR count). The summed E-state index contributed by atoms with van der Waals surface area (Å²) in [6.45, 7) is 2.04. The predicted octanol–water partition coefficient (Wildman–Crippen LogP) is 1.83. The number of fused-ring (bicyclic) bond motifs is 1. The van der Waals surface area contributed by atoms with Gasteiger partial charge in [-0.05, 0) is 44.0 Å². The largest absolute Gasteiger partial charge is 0.399 e. The number of rotatable bonds is 3. The molecule has 0 spiro atoms. The Balaban J connectivity index is 1.80. The normalized spacial score (nSPS) is 26.7. The van der Waals surface area contributed by atoms with Crippen LogP contribution >= 0.6 is 11.6 Å². The first kappa shape index (κ1) is 15.1. The van der Waals surface area contributed by atoms with Crippen molar-refractivity contribution in [2.45, 2.75) is 42.7 Å². The van der Waals surface area contributed by atoms with E-state index in [0.717, 1.165) is 25.9 Å². The van der Waals surface area contributed by atoms with Gasteiger partial charge >= 0.3 is 0 Å². The molecule has 0 bridgehead atoms. The summed E-state index contributed by atoms with van der Waals surface area (Å²) in [5.74, 6) is 0. The zero-order valence-corrected chi connectivity index (χ0v) is 13.3. The highest BCUT2D eigenvalue weighted by molar-refractivity contribution is 7.89. The van der Waals surface area contributed by atoms with Crippen molar-refractivity contribution >= 4 is 27.3 Å². The summed E-state index contributed by atoms with van der Waals surface area (Å²) >= 11 is 6.03. The maximum Gasteiger partial charge on any atom is 0.242 e. The molecule has 2 unspecified atom stereocenters. The smallest absolute Gasteiger partial charge is 0.242 e. The molecule has 2 atom stereocenters. The van der Waals surface area contributed by atoms with Gasteiger partial charge in [0.05, 0.1) is 5.02 Å². The van der Waals surface area contributed by atoms with Crippen LogP contribution in [-0.2, 0) is 10.0 Å². The summed E-state index contributed by atoms with van der Waals surface area (Å²) in [5.41, 5.74) is 6.07. The Labute approximate surface area is 130 Å². The lowest BCUT2D eigenvalue weighted by atomic mass is 10.00. The van der Waals surface area contributed by atoms with E-state index in [1.54, 1.807) is 6.07 Å². The lowest BCUT2D eigenvalue weighted by Crippen LogP contribution is -2.46. The van der Waals surface area contributed by atoms with Crippen LogP contribution in [-0.4, -0.2) is 38.5 Å². The van der Waals surface area contributed by atoms with E-state index in [-0.39, 0.29) is 16.0 Å². The van der Waals surface area contributed by atoms with Gasteiger partial charge in [0.15, 0.2) is 0 Å². The van der Waals surface area contributed by atoms with Crippen molar-refractivity contribution in [2.24, 2.45) is 0 Å². The number of hydrogen-bond acceptors (Lipinski definition) is 4. The van der Waals surface area contributed by atoms with Crippen molar-refractivity contribution in [1.29, 1.82) is 0 Å². The molecule has 1 aromatic carbocycles. The van der Waals surface area contributed by atoms with Gasteiger partial charge in [-0.2, -0.15) is 0 Å². The molecule has 3 N–H and O–H groups in total. The average molecular weight is 330 g/mol. The van der Waals surface area contributed by atoms with Crippen LogP contribution in [0, 0.1) is 0 Å². The van der Waals surface area contributed by atoms with Crippen LogP contribution in [0.5, 0.6) is 0 Å². The summed E-state index contributed by atoms with van der Waals surface area (Å²) in [7, 11) is -3.61. The standard InChI is InChI=1S/C14H20ClN3O2S/c15-11-9-10(16)4-5-14(11)21(19,20)17-12-6-8-18-7-2-1-3-13(12)18/h4-5,9,12-13,17H,1-3,6-8,16H2. The van der Waals surface area contributed by atoms with Crippen molar-refractivity contribution in [3.8, 4) is 0 Å². The highest BCUT2D eigenvalue weighted by Gasteiger charge is 2.38. The third kappa shape index (κ3) is 3.04. The Kier molecular flexibility index (Phi) is 4.14. The zero-order valence-electron chi connectivity index (χ0n) is 11.8. The molecule has 0 aromatic heterocycles. The van der Waals surface area contributed by atoms with E-state index in [1.165, 1.54) is 25.0 Å². The van der Waals surface area contributed by atoms with Crippen LogP contribution in [0.3, 0.4) is 0 Å². The van der Waals surface area contributed by atoms with Gasteiger partial charge in [0, 0.05) is 24.3 Å². The van der Waals surface area contributed by atoms with Gasteiger partial charge in [-0.1, -0.05) is 18.0 Å². The lowest BCUT2D eigenvalue weighted by Gasteiger charge is -2.32. The van der Waals surface area contributed by atoms with E-state index in [4.69, 9.17) is 17.3 Å². The maximum absolute atomic E-state index is 12.5. The van der Waals surface area contributed by atoms with E-state index in [1.807, 2.05) is 0 Å². The minimum Gasteiger partial charge on any atom is -0.399 e. The van der Waals surface area contributed by atoms with E-state index >= 15 is 0 Å². The van der Waals surface area contributed by atoms with Gasteiger partial charge in [-0.3, -0.25) is 4.90 Å². The topological polar surface area (TPSA) is 75.4 Å². The molecule has 7 heteroatoms. The monoisotopic (exact) mass is 329 g/mol. The average Bonchev–Trinajstić information content (AvgIpc) is 2.81. The van der Waals surface area contributed by atoms with Crippen LogP contribution in [0.2, 0.25) is 5.02 Å². The number of sulfonamides is 1. The minimum atomic E-state index is -3.61. The van der Waals surface area contributed by atoms with Crippen molar-refractivity contribution in [3.63, 3.8) is 0 Å². The summed E-state index contributed by atoms with van der Waals surface area (Å²) in [5, 5.41) is 0.168. The number of nitrogens with two attached hydrogens (primary N) is 1. The van der Waals surface area contributed by atoms with Crippen molar-refractivity contribution in [1.82, 2.24) is 9.62 Å². The summed E-state index contributed by atoms with van der Waals surface area (Å²) in [6.07, 6.45) is 4.29.